The van der Waals surface area contributed by atoms with Crippen LogP contribution in [0.15, 0.2) is 121 Å². The molecule has 0 spiro atoms. The van der Waals surface area contributed by atoms with Crippen LogP contribution in [0, 0.1) is 0 Å². The number of phenols is 1. The van der Waals surface area contributed by atoms with Crippen LogP contribution in [0.3, 0.4) is 0 Å². The van der Waals surface area contributed by atoms with Crippen molar-refractivity contribution < 1.29 is 99.0 Å². The molecule has 70 heavy (non-hydrogen) atoms. The quantitative estimate of drug-likeness (QED) is 0.0183. The molecule has 4 N–H and O–H groups in total. The first kappa shape index (κ1) is 74.1. The molecule has 0 aromatic heterocycles. The minimum Gasteiger partial charge on any atom is -1.00 e. The maximum Gasteiger partial charge on any atom is 1.00 e. The fourth-order valence-corrected chi connectivity index (χ4v) is 4.47. The first-order chi connectivity index (χ1) is 32.9. The first-order valence-electron chi connectivity index (χ1n) is 20.2. The van der Waals surface area contributed by atoms with Crippen LogP contribution in [0.5, 0.6) is 28.7 Å². The number of hydrogen-bond acceptors (Lipinski definition) is 14. The molecule has 5 aromatic rings. The minimum atomic E-state index is -0.183. The van der Waals surface area contributed by atoms with E-state index in [9.17, 15) is 14.4 Å². The van der Waals surface area contributed by atoms with Crippen molar-refractivity contribution in [1.82, 2.24) is 0 Å². The Morgan fingerprint density at radius 2 is 0.771 bits per heavy atom. The first-order valence-corrected chi connectivity index (χ1v) is 29.2. The number of aliphatic hydroxyl groups is 3. The molecule has 0 bridgehead atoms. The smallest absolute Gasteiger partial charge is 1.00 e. The summed E-state index contributed by atoms with van der Waals surface area (Å²) in [6, 6.07) is 35.1. The predicted molar refractivity (Wildman–Crippen MR) is 292 cm³/mol. The van der Waals surface area contributed by atoms with Crippen molar-refractivity contribution in [2.75, 3.05) is 86.7 Å². The van der Waals surface area contributed by atoms with Gasteiger partial charge in [0.05, 0.1) is 39.6 Å². The van der Waals surface area contributed by atoms with Gasteiger partial charge in [0, 0.05) is 57.6 Å². The Labute approximate surface area is 476 Å². The van der Waals surface area contributed by atoms with Crippen LogP contribution in [0.25, 0.3) is 0 Å². The van der Waals surface area contributed by atoms with E-state index in [1.807, 2.05) is 48.5 Å². The molecule has 0 aliphatic carbocycles. The summed E-state index contributed by atoms with van der Waals surface area (Å²) in [7, 11) is 4.92. The monoisotopic (exact) mass is 1280 g/mol. The van der Waals surface area contributed by atoms with Crippen LogP contribution in [-0.2, 0) is 26.1 Å². The van der Waals surface area contributed by atoms with Gasteiger partial charge in [-0.1, -0.05) is 40.2 Å². The summed E-state index contributed by atoms with van der Waals surface area (Å²) in [4.78, 5) is 30.6. The van der Waals surface area contributed by atoms with Gasteiger partial charge in [-0.25, -0.2) is 0 Å². The van der Waals surface area contributed by atoms with E-state index in [0.717, 1.165) is 47.0 Å². The van der Waals surface area contributed by atoms with Crippen molar-refractivity contribution in [3.05, 3.63) is 149 Å². The van der Waals surface area contributed by atoms with Crippen molar-refractivity contribution >= 4 is 105 Å². The molecule has 0 unspecified atom stereocenters. The van der Waals surface area contributed by atoms with E-state index in [2.05, 4.69) is 62.4 Å². The third-order valence-electron chi connectivity index (χ3n) is 7.36. The molecule has 0 aliphatic rings. The van der Waals surface area contributed by atoms with Gasteiger partial charge >= 0.3 is 29.6 Å². The second kappa shape index (κ2) is 54.4. The van der Waals surface area contributed by atoms with E-state index < -0.39 is 0 Å². The van der Waals surface area contributed by atoms with Gasteiger partial charge in [0.1, 0.15) is 78.1 Å². The molecule has 5 rings (SSSR count). The summed E-state index contributed by atoms with van der Waals surface area (Å²) in [5.41, 5.74) is 3.98. The SMILES string of the molecule is BrP(Br)Br.COCCOc1ccc(C=O)cc1.COCCOc1ccc(CBr)cc1.COCCOc1ccc(CO)cc1.O=Cc1ccc(O)cc1.O=Cc1ccc(OCCO)cc1.OCCCl.[B].[H-].[Na+]. The number of hydrogen-bond donors (Lipinski definition) is 4. The number of benzene rings is 5. The number of carbonyl (C=O) groups excluding carboxylic acids is 3. The van der Waals surface area contributed by atoms with Gasteiger partial charge in [-0.3, -0.25) is 14.4 Å². The summed E-state index contributed by atoms with van der Waals surface area (Å²) in [5, 5.41) is 34.6. The van der Waals surface area contributed by atoms with Crippen molar-refractivity contribution in [3.63, 3.8) is 0 Å². The summed E-state index contributed by atoms with van der Waals surface area (Å²) in [5.74, 6) is 3.63. The minimum absolute atomic E-state index is 0. The molecule has 14 nitrogen and oxygen atoms in total. The average Bonchev–Trinajstić information content (AvgIpc) is 3.37. The predicted octanol–water partition coefficient (Wildman–Crippen LogP) is 7.76. The second-order valence-electron chi connectivity index (χ2n) is 12.4. The fraction of sp³-hybridized carbons (Fsp3) is 0.312. The zero-order valence-electron chi connectivity index (χ0n) is 40.6. The van der Waals surface area contributed by atoms with E-state index in [1.165, 1.54) is 17.7 Å². The molecular formula is C48H61BBr4ClNaO14P. The largest absolute Gasteiger partial charge is 1.00 e. The standard InChI is InChI=1S/C10H13BrO2.C10H14O3.C10H12O3.C9H10O3.C7H6O2.C2H5ClO.B.Br3P.Na.H/c3*1-12-6-7-13-10-4-2-9(8-11)3-5-10;10-5-6-12-9-3-1-8(7-11)2-4-9;8-5-6-1-3-7(9)4-2-6;3-1-2-4;;1-4(2)3;;/h2-5H,6-8H2,1H3;2-5,11H,6-8H2,1H3;2-5,8H,6-7H2,1H3;1-4,7,10H,5-6H2;1-5,9H;4H,1-2H2;;;;/q;;;;;;;;+1;-1. The van der Waals surface area contributed by atoms with Crippen molar-refractivity contribution in [2.24, 2.45) is 0 Å². The van der Waals surface area contributed by atoms with Gasteiger partial charge in [-0.15, -0.1) is 11.6 Å². The normalized spacial score (nSPS) is 9.20. The number of alkyl halides is 2. The maximum absolute atomic E-state index is 10.3. The number of rotatable bonds is 21. The molecule has 0 heterocycles. The maximum atomic E-state index is 10.3. The molecule has 0 fully saturated rings. The van der Waals surface area contributed by atoms with E-state index in [0.29, 0.717) is 68.0 Å². The fourth-order valence-electron chi connectivity index (χ4n) is 4.10. The van der Waals surface area contributed by atoms with Gasteiger partial charge < -0.3 is 55.0 Å². The number of methoxy groups -OCH3 is 3. The molecule has 0 aliphatic heterocycles. The molecule has 3 radical (unpaired) electrons. The van der Waals surface area contributed by atoms with Gasteiger partial charge in [-0.2, -0.15) is 0 Å². The number of carbonyl (C=O) groups is 3. The van der Waals surface area contributed by atoms with Crippen LogP contribution in [0.4, 0.5) is 0 Å². The van der Waals surface area contributed by atoms with Gasteiger partial charge in [0.25, 0.3) is 0 Å². The molecule has 22 heteroatoms. The molecule has 5 aromatic carbocycles. The number of ether oxygens (including phenoxy) is 7. The molecule has 0 saturated heterocycles. The van der Waals surface area contributed by atoms with E-state index >= 15 is 0 Å². The van der Waals surface area contributed by atoms with Crippen LogP contribution in [0.2, 0.25) is 0 Å². The van der Waals surface area contributed by atoms with E-state index in [4.69, 9.17) is 65.2 Å². The third-order valence-corrected chi connectivity index (χ3v) is 8.17. The Kier molecular flexibility index (Phi) is 57.5. The molecule has 0 amide bonds. The van der Waals surface area contributed by atoms with Crippen molar-refractivity contribution in [3.8, 4) is 28.7 Å². The molecule has 0 atom stereocenters. The molecule has 0 saturated carbocycles. The Hall–Kier alpha value is -2.43. The van der Waals surface area contributed by atoms with Crippen LogP contribution >= 0.6 is 78.0 Å². The summed E-state index contributed by atoms with van der Waals surface area (Å²) in [6.07, 6.45) is 2.31. The van der Waals surface area contributed by atoms with Gasteiger partial charge in [-0.05, 0) is 155 Å². The number of aliphatic hydroxyl groups excluding tert-OH is 3. The van der Waals surface area contributed by atoms with Crippen molar-refractivity contribution in [1.29, 1.82) is 0 Å². The molecule has 381 valence electrons. The summed E-state index contributed by atoms with van der Waals surface area (Å²) < 4.78 is 35.5. The van der Waals surface area contributed by atoms with Crippen molar-refractivity contribution in [2.45, 2.75) is 11.9 Å². The zero-order chi connectivity index (χ0) is 51.0. The molecular weight excluding hydrogens is 1220 g/mol. The van der Waals surface area contributed by atoms with Gasteiger partial charge in [0.2, 0.25) is 0 Å². The zero-order valence-corrected chi connectivity index (χ0v) is 49.5. The Bertz CT molecular complexity index is 1870. The average molecular weight is 1280 g/mol. The second-order valence-corrected chi connectivity index (χ2v) is 28.6. The number of aldehydes is 3. The Morgan fingerprint density at radius 1 is 0.500 bits per heavy atom. The topological polar surface area (TPSA) is 197 Å². The van der Waals surface area contributed by atoms with Crippen LogP contribution in [-0.4, -0.2) is 134 Å². The number of aromatic hydroxyl groups is 1. The number of phenolic OH excluding ortho intramolecular Hbond substituents is 1. The van der Waals surface area contributed by atoms with Crippen LogP contribution in [0.1, 0.15) is 43.6 Å². The summed E-state index contributed by atoms with van der Waals surface area (Å²) >= 11 is 17.8. The summed E-state index contributed by atoms with van der Waals surface area (Å²) in [6.45, 7) is 3.88. The van der Waals surface area contributed by atoms with E-state index in [1.54, 1.807) is 82.0 Å². The van der Waals surface area contributed by atoms with Crippen LogP contribution < -0.4 is 48.5 Å². The van der Waals surface area contributed by atoms with E-state index in [-0.39, 0.29) is 75.6 Å². The van der Waals surface area contributed by atoms with Gasteiger partial charge in [0.15, 0.2) is 0 Å². The number of halogens is 5. The Morgan fingerprint density at radius 3 is 1.01 bits per heavy atom. The third kappa shape index (κ3) is 45.4. The Balaban J connectivity index is -0.000000244.